The van der Waals surface area contributed by atoms with Crippen molar-refractivity contribution in [1.29, 1.82) is 0 Å². The molecule has 1 aliphatic heterocycles. The molecule has 0 atom stereocenters. The fourth-order valence-electron chi connectivity index (χ4n) is 2.43. The highest BCUT2D eigenvalue weighted by atomic mass is 35.5. The highest BCUT2D eigenvalue weighted by molar-refractivity contribution is 7.99. The van der Waals surface area contributed by atoms with E-state index in [0.717, 1.165) is 34.4 Å². The first-order valence-electron chi connectivity index (χ1n) is 7.32. The lowest BCUT2D eigenvalue weighted by Crippen LogP contribution is -2.28. The van der Waals surface area contributed by atoms with Gasteiger partial charge in [0.05, 0.1) is 17.9 Å². The Labute approximate surface area is 139 Å². The number of carbonyl (C=O) groups is 1. The van der Waals surface area contributed by atoms with Gasteiger partial charge in [0, 0.05) is 28.8 Å². The van der Waals surface area contributed by atoms with Crippen LogP contribution >= 0.6 is 23.4 Å². The molecule has 0 saturated heterocycles. The quantitative estimate of drug-likeness (QED) is 0.929. The summed E-state index contributed by atoms with van der Waals surface area (Å²) < 4.78 is 2.20. The van der Waals surface area contributed by atoms with Crippen molar-refractivity contribution in [2.75, 3.05) is 5.75 Å². The van der Waals surface area contributed by atoms with E-state index in [4.69, 9.17) is 16.6 Å². The van der Waals surface area contributed by atoms with Crippen LogP contribution in [0.25, 0.3) is 11.3 Å². The van der Waals surface area contributed by atoms with Gasteiger partial charge < -0.3 is 9.88 Å². The summed E-state index contributed by atoms with van der Waals surface area (Å²) in [6.07, 6.45) is 0. The normalized spacial score (nSPS) is 13.5. The van der Waals surface area contributed by atoms with Crippen molar-refractivity contribution in [2.45, 2.75) is 32.1 Å². The summed E-state index contributed by atoms with van der Waals surface area (Å²) in [6.45, 7) is 5.23. The molecule has 6 heteroatoms. The number of nitrogens with zero attached hydrogens (tertiary/aromatic N) is 2. The van der Waals surface area contributed by atoms with Crippen molar-refractivity contribution in [3.63, 3.8) is 0 Å². The van der Waals surface area contributed by atoms with E-state index in [1.54, 1.807) is 11.8 Å². The Bertz CT molecular complexity index is 694. The van der Waals surface area contributed by atoms with E-state index in [0.29, 0.717) is 11.6 Å². The number of fused-ring (bicyclic) bond motifs is 1. The highest BCUT2D eigenvalue weighted by Crippen LogP contribution is 2.33. The van der Waals surface area contributed by atoms with Gasteiger partial charge in [-0.25, -0.2) is 4.98 Å². The van der Waals surface area contributed by atoms with Gasteiger partial charge in [-0.2, -0.15) is 0 Å². The number of hydrogen-bond acceptors (Lipinski definition) is 3. The van der Waals surface area contributed by atoms with Crippen molar-refractivity contribution in [3.8, 4) is 11.3 Å². The Hall–Kier alpha value is -1.46. The van der Waals surface area contributed by atoms with Crippen molar-refractivity contribution in [1.82, 2.24) is 14.9 Å². The fourth-order valence-corrected chi connectivity index (χ4v) is 3.52. The number of carbonyl (C=O) groups excluding carboxylic acids is 1. The van der Waals surface area contributed by atoms with Crippen molar-refractivity contribution >= 4 is 29.3 Å². The lowest BCUT2D eigenvalue weighted by molar-refractivity contribution is -0.124. The smallest absolute Gasteiger partial charge is 0.222 e. The third kappa shape index (κ3) is 3.01. The molecule has 2 aromatic rings. The number of imidazole rings is 1. The second-order valence-electron chi connectivity index (χ2n) is 5.57. The van der Waals surface area contributed by atoms with Gasteiger partial charge in [0.1, 0.15) is 0 Å². The molecule has 0 fully saturated rings. The second-order valence-corrected chi connectivity index (χ2v) is 7.07. The van der Waals surface area contributed by atoms with Gasteiger partial charge in [0.2, 0.25) is 5.91 Å². The van der Waals surface area contributed by atoms with Crippen LogP contribution in [0.15, 0.2) is 29.4 Å². The van der Waals surface area contributed by atoms with Gasteiger partial charge in [-0.3, -0.25) is 4.79 Å². The van der Waals surface area contributed by atoms with E-state index in [-0.39, 0.29) is 11.8 Å². The average Bonchev–Trinajstić information content (AvgIpc) is 3.06. The maximum atomic E-state index is 11.9. The summed E-state index contributed by atoms with van der Waals surface area (Å²) in [4.78, 5) is 16.6. The van der Waals surface area contributed by atoms with Crippen LogP contribution < -0.4 is 5.32 Å². The molecule has 1 aliphatic rings. The Morgan fingerprint density at radius 3 is 2.82 bits per heavy atom. The Morgan fingerprint density at radius 2 is 2.14 bits per heavy atom. The number of amides is 1. The zero-order chi connectivity index (χ0) is 15.7. The van der Waals surface area contributed by atoms with E-state index in [2.05, 4.69) is 9.88 Å². The van der Waals surface area contributed by atoms with E-state index in [1.165, 1.54) is 0 Å². The predicted octanol–water partition coefficient (Wildman–Crippen LogP) is 3.58. The molecule has 3 rings (SSSR count). The predicted molar refractivity (Wildman–Crippen MR) is 90.1 cm³/mol. The molecule has 116 valence electrons. The first-order chi connectivity index (χ1) is 10.6. The molecule has 2 heterocycles. The standard InChI is InChI=1S/C16H18ClN3OS/c1-10(2)15(21)18-9-13-14(11-3-5-12(17)6-4-11)19-16-20(13)7-8-22-16/h3-6,10H,7-9H2,1-2H3,(H,18,21). The van der Waals surface area contributed by atoms with Crippen LogP contribution in [0.4, 0.5) is 0 Å². The maximum Gasteiger partial charge on any atom is 0.222 e. The van der Waals surface area contributed by atoms with Crippen LogP contribution in [0.2, 0.25) is 5.02 Å². The van der Waals surface area contributed by atoms with Crippen LogP contribution in [0.1, 0.15) is 19.5 Å². The summed E-state index contributed by atoms with van der Waals surface area (Å²) in [5.74, 6) is 1.08. The zero-order valence-corrected chi connectivity index (χ0v) is 14.2. The van der Waals surface area contributed by atoms with Crippen LogP contribution in [-0.4, -0.2) is 21.2 Å². The fraction of sp³-hybridized carbons (Fsp3) is 0.375. The first kappa shape index (κ1) is 15.4. The Balaban J connectivity index is 1.93. The van der Waals surface area contributed by atoms with Crippen LogP contribution in [0.3, 0.4) is 0 Å². The van der Waals surface area contributed by atoms with Gasteiger partial charge in [0.15, 0.2) is 5.16 Å². The Morgan fingerprint density at radius 1 is 1.41 bits per heavy atom. The molecule has 0 radical (unpaired) electrons. The van der Waals surface area contributed by atoms with Gasteiger partial charge in [-0.15, -0.1) is 0 Å². The third-order valence-corrected chi connectivity index (χ3v) is 4.86. The molecule has 0 aliphatic carbocycles. The number of aromatic nitrogens is 2. The topological polar surface area (TPSA) is 46.9 Å². The summed E-state index contributed by atoms with van der Waals surface area (Å²) in [5, 5.41) is 4.74. The maximum absolute atomic E-state index is 11.9. The molecular weight excluding hydrogens is 318 g/mol. The number of rotatable bonds is 4. The average molecular weight is 336 g/mol. The SMILES string of the molecule is CC(C)C(=O)NCc1c(-c2ccc(Cl)cc2)nc2n1CCS2. The van der Waals surface area contributed by atoms with Crippen molar-refractivity contribution < 1.29 is 4.79 Å². The zero-order valence-electron chi connectivity index (χ0n) is 12.6. The molecule has 0 saturated carbocycles. The molecule has 4 nitrogen and oxygen atoms in total. The van der Waals surface area contributed by atoms with Gasteiger partial charge in [0.25, 0.3) is 0 Å². The minimum Gasteiger partial charge on any atom is -0.350 e. The van der Waals surface area contributed by atoms with E-state index < -0.39 is 0 Å². The summed E-state index contributed by atoms with van der Waals surface area (Å²) >= 11 is 7.72. The minimum absolute atomic E-state index is 0.0191. The first-order valence-corrected chi connectivity index (χ1v) is 8.68. The van der Waals surface area contributed by atoms with Gasteiger partial charge in [-0.1, -0.05) is 49.3 Å². The molecule has 0 unspecified atom stereocenters. The van der Waals surface area contributed by atoms with Crippen LogP contribution in [0.5, 0.6) is 0 Å². The molecule has 1 amide bonds. The van der Waals surface area contributed by atoms with Crippen molar-refractivity contribution in [3.05, 3.63) is 35.0 Å². The largest absolute Gasteiger partial charge is 0.350 e. The second kappa shape index (κ2) is 6.34. The molecular formula is C16H18ClN3OS. The van der Waals surface area contributed by atoms with E-state index in [9.17, 15) is 4.79 Å². The van der Waals surface area contributed by atoms with E-state index >= 15 is 0 Å². The molecule has 1 aromatic carbocycles. The third-order valence-electron chi connectivity index (χ3n) is 3.66. The van der Waals surface area contributed by atoms with Crippen LogP contribution in [0, 0.1) is 5.92 Å². The van der Waals surface area contributed by atoms with Gasteiger partial charge in [-0.05, 0) is 12.1 Å². The lowest BCUT2D eigenvalue weighted by Gasteiger charge is -2.11. The monoisotopic (exact) mass is 335 g/mol. The minimum atomic E-state index is -0.0191. The van der Waals surface area contributed by atoms with E-state index in [1.807, 2.05) is 38.1 Å². The van der Waals surface area contributed by atoms with Crippen LogP contribution in [-0.2, 0) is 17.9 Å². The molecule has 0 bridgehead atoms. The molecule has 1 aromatic heterocycles. The lowest BCUT2D eigenvalue weighted by atomic mass is 10.1. The Kier molecular flexibility index (Phi) is 4.45. The van der Waals surface area contributed by atoms with Gasteiger partial charge >= 0.3 is 0 Å². The number of hydrogen-bond donors (Lipinski definition) is 1. The number of thioether (sulfide) groups is 1. The summed E-state index contributed by atoms with van der Waals surface area (Å²) in [6, 6.07) is 7.67. The number of nitrogens with one attached hydrogen (secondary N) is 1. The number of benzene rings is 1. The molecule has 0 spiro atoms. The summed E-state index contributed by atoms with van der Waals surface area (Å²) in [5.41, 5.74) is 3.03. The highest BCUT2D eigenvalue weighted by Gasteiger charge is 2.23. The summed E-state index contributed by atoms with van der Waals surface area (Å²) in [7, 11) is 0. The molecule has 1 N–H and O–H groups in total. The molecule has 22 heavy (non-hydrogen) atoms. The number of halogens is 1. The van der Waals surface area contributed by atoms with Crippen molar-refractivity contribution in [2.24, 2.45) is 5.92 Å².